The fraction of sp³-hybridized carbons (Fsp3) is 0.294. The molecule has 1 unspecified atom stereocenters. The molecule has 2 aromatic carbocycles. The Morgan fingerprint density at radius 1 is 1.24 bits per heavy atom. The Morgan fingerprint density at radius 2 is 1.95 bits per heavy atom. The van der Waals surface area contributed by atoms with E-state index in [4.69, 9.17) is 22.1 Å². The predicted molar refractivity (Wildman–Crippen MR) is 88.7 cm³/mol. The Balaban J connectivity index is 2.18. The summed E-state index contributed by atoms with van der Waals surface area (Å²) in [6.07, 6.45) is 0. The van der Waals surface area contributed by atoms with Gasteiger partial charge < -0.3 is 10.5 Å². The van der Waals surface area contributed by atoms with Crippen LogP contribution in [0.25, 0.3) is 0 Å². The first kappa shape index (κ1) is 15.7. The third-order valence-electron chi connectivity index (χ3n) is 3.79. The van der Waals surface area contributed by atoms with Crippen molar-refractivity contribution >= 4 is 17.3 Å². The molecule has 4 heteroatoms. The lowest BCUT2D eigenvalue weighted by Crippen LogP contribution is -2.22. The highest BCUT2D eigenvalue weighted by Gasteiger charge is 2.15. The average Bonchev–Trinajstić information content (AvgIpc) is 2.49. The summed E-state index contributed by atoms with van der Waals surface area (Å²) in [5.41, 5.74) is 8.99. The number of hydrogen-bond acceptors (Lipinski definition) is 3. The van der Waals surface area contributed by atoms with E-state index in [1.54, 1.807) is 7.11 Å². The average molecular weight is 305 g/mol. The van der Waals surface area contributed by atoms with Gasteiger partial charge in [0, 0.05) is 23.3 Å². The van der Waals surface area contributed by atoms with E-state index in [1.807, 2.05) is 36.4 Å². The molecule has 21 heavy (non-hydrogen) atoms. The molecule has 0 saturated carbocycles. The second kappa shape index (κ2) is 6.83. The number of ether oxygens (including phenoxy) is 1. The SMILES string of the molecule is COc1ccc(N)c(CN(C)C(C)c2ccccc2Cl)c1. The summed E-state index contributed by atoms with van der Waals surface area (Å²) in [7, 11) is 3.72. The third kappa shape index (κ3) is 3.69. The molecule has 0 bridgehead atoms. The van der Waals surface area contributed by atoms with Gasteiger partial charge in [0.25, 0.3) is 0 Å². The van der Waals surface area contributed by atoms with Gasteiger partial charge in [-0.2, -0.15) is 0 Å². The number of nitrogens with zero attached hydrogens (tertiary/aromatic N) is 1. The van der Waals surface area contributed by atoms with Crippen molar-refractivity contribution < 1.29 is 4.74 Å². The van der Waals surface area contributed by atoms with Crippen LogP contribution in [0, 0.1) is 0 Å². The molecule has 3 nitrogen and oxygen atoms in total. The molecule has 0 fully saturated rings. The van der Waals surface area contributed by atoms with Crippen molar-refractivity contribution in [3.8, 4) is 5.75 Å². The lowest BCUT2D eigenvalue weighted by molar-refractivity contribution is 0.253. The smallest absolute Gasteiger partial charge is 0.119 e. The zero-order valence-electron chi connectivity index (χ0n) is 12.6. The van der Waals surface area contributed by atoms with Crippen LogP contribution < -0.4 is 10.5 Å². The summed E-state index contributed by atoms with van der Waals surface area (Å²) in [5, 5.41) is 0.787. The summed E-state index contributed by atoms with van der Waals surface area (Å²) >= 11 is 6.27. The summed E-state index contributed by atoms with van der Waals surface area (Å²) < 4.78 is 5.26. The van der Waals surface area contributed by atoms with Crippen LogP contribution in [0.2, 0.25) is 5.02 Å². The molecule has 0 saturated heterocycles. The highest BCUT2D eigenvalue weighted by atomic mass is 35.5. The summed E-state index contributed by atoms with van der Waals surface area (Å²) in [6, 6.07) is 13.8. The number of rotatable bonds is 5. The van der Waals surface area contributed by atoms with Crippen LogP contribution in [-0.4, -0.2) is 19.1 Å². The number of hydrogen-bond donors (Lipinski definition) is 1. The maximum atomic E-state index is 6.27. The maximum absolute atomic E-state index is 6.27. The van der Waals surface area contributed by atoms with Crippen LogP contribution in [0.4, 0.5) is 5.69 Å². The van der Waals surface area contributed by atoms with Gasteiger partial charge in [0.05, 0.1) is 7.11 Å². The first-order valence-electron chi connectivity index (χ1n) is 6.90. The molecule has 1 atom stereocenters. The monoisotopic (exact) mass is 304 g/mol. The number of anilines is 1. The van der Waals surface area contributed by atoms with Crippen LogP contribution in [0.15, 0.2) is 42.5 Å². The van der Waals surface area contributed by atoms with Crippen LogP contribution in [-0.2, 0) is 6.54 Å². The topological polar surface area (TPSA) is 38.5 Å². The van der Waals surface area contributed by atoms with Crippen LogP contribution in [0.5, 0.6) is 5.75 Å². The zero-order valence-corrected chi connectivity index (χ0v) is 13.4. The Bertz CT molecular complexity index is 615. The standard InChI is InChI=1S/C17H21ClN2O/c1-12(15-6-4-5-7-16(15)18)20(2)11-13-10-14(21-3)8-9-17(13)19/h4-10,12H,11,19H2,1-3H3. The van der Waals surface area contributed by atoms with Crippen molar-refractivity contribution in [2.24, 2.45) is 0 Å². The van der Waals surface area contributed by atoms with E-state index in [1.165, 1.54) is 0 Å². The van der Waals surface area contributed by atoms with E-state index >= 15 is 0 Å². The Labute approximate surface area is 131 Å². The van der Waals surface area contributed by atoms with Crippen molar-refractivity contribution in [2.45, 2.75) is 19.5 Å². The molecule has 2 rings (SSSR count). The minimum Gasteiger partial charge on any atom is -0.497 e. The van der Waals surface area contributed by atoms with Gasteiger partial charge in [-0.3, -0.25) is 4.90 Å². The normalized spacial score (nSPS) is 12.4. The van der Waals surface area contributed by atoms with Crippen LogP contribution in [0.3, 0.4) is 0 Å². The van der Waals surface area contributed by atoms with Gasteiger partial charge in [-0.15, -0.1) is 0 Å². The van der Waals surface area contributed by atoms with Gasteiger partial charge in [-0.25, -0.2) is 0 Å². The summed E-state index contributed by atoms with van der Waals surface area (Å²) in [4.78, 5) is 2.21. The van der Waals surface area contributed by atoms with E-state index < -0.39 is 0 Å². The van der Waals surface area contributed by atoms with Crippen molar-refractivity contribution in [1.29, 1.82) is 0 Å². The highest BCUT2D eigenvalue weighted by Crippen LogP contribution is 2.29. The first-order valence-corrected chi connectivity index (χ1v) is 7.27. The van der Waals surface area contributed by atoms with Crippen molar-refractivity contribution in [3.05, 3.63) is 58.6 Å². The Morgan fingerprint density at radius 3 is 2.62 bits per heavy atom. The Hall–Kier alpha value is -1.71. The first-order chi connectivity index (χ1) is 10.0. The van der Waals surface area contributed by atoms with Gasteiger partial charge in [0.15, 0.2) is 0 Å². The largest absolute Gasteiger partial charge is 0.497 e. The van der Waals surface area contributed by atoms with Gasteiger partial charge in [0.2, 0.25) is 0 Å². The minimum absolute atomic E-state index is 0.198. The van der Waals surface area contributed by atoms with E-state index in [9.17, 15) is 0 Å². The van der Waals surface area contributed by atoms with E-state index in [2.05, 4.69) is 24.9 Å². The highest BCUT2D eigenvalue weighted by molar-refractivity contribution is 6.31. The van der Waals surface area contributed by atoms with Gasteiger partial charge >= 0.3 is 0 Å². The third-order valence-corrected chi connectivity index (χ3v) is 4.13. The van der Waals surface area contributed by atoms with E-state index in [0.29, 0.717) is 0 Å². The molecule has 2 aromatic rings. The number of nitrogens with two attached hydrogens (primary N) is 1. The molecule has 0 amide bonds. The van der Waals surface area contributed by atoms with Gasteiger partial charge in [-0.1, -0.05) is 29.8 Å². The quantitative estimate of drug-likeness (QED) is 0.844. The molecule has 0 heterocycles. The lowest BCUT2D eigenvalue weighted by Gasteiger charge is -2.26. The molecule has 0 aliphatic heterocycles. The zero-order chi connectivity index (χ0) is 15.4. The number of nitrogen functional groups attached to an aromatic ring is 1. The molecule has 0 aliphatic carbocycles. The lowest BCUT2D eigenvalue weighted by atomic mass is 10.1. The predicted octanol–water partition coefficient (Wildman–Crippen LogP) is 4.12. The summed E-state index contributed by atoms with van der Waals surface area (Å²) in [5.74, 6) is 0.818. The minimum atomic E-state index is 0.198. The molecule has 0 radical (unpaired) electrons. The fourth-order valence-electron chi connectivity index (χ4n) is 2.30. The van der Waals surface area contributed by atoms with E-state index in [0.717, 1.165) is 34.1 Å². The Kier molecular flexibility index (Phi) is 5.10. The van der Waals surface area contributed by atoms with Crippen LogP contribution >= 0.6 is 11.6 Å². The van der Waals surface area contributed by atoms with E-state index in [-0.39, 0.29) is 6.04 Å². The number of halogens is 1. The number of benzene rings is 2. The maximum Gasteiger partial charge on any atom is 0.119 e. The van der Waals surface area contributed by atoms with Crippen molar-refractivity contribution in [1.82, 2.24) is 4.90 Å². The molecule has 0 spiro atoms. The molecular formula is C17H21ClN2O. The van der Waals surface area contributed by atoms with Gasteiger partial charge in [0.1, 0.15) is 5.75 Å². The second-order valence-corrected chi connectivity index (χ2v) is 5.58. The van der Waals surface area contributed by atoms with Crippen LogP contribution in [0.1, 0.15) is 24.1 Å². The molecular weight excluding hydrogens is 284 g/mol. The van der Waals surface area contributed by atoms with Crippen molar-refractivity contribution in [2.75, 3.05) is 19.9 Å². The molecule has 2 N–H and O–H groups in total. The fourth-order valence-corrected chi connectivity index (χ4v) is 2.60. The molecule has 112 valence electrons. The number of methoxy groups -OCH3 is 1. The van der Waals surface area contributed by atoms with Gasteiger partial charge in [-0.05, 0) is 49.4 Å². The van der Waals surface area contributed by atoms with Crippen molar-refractivity contribution in [3.63, 3.8) is 0 Å². The second-order valence-electron chi connectivity index (χ2n) is 5.18. The summed E-state index contributed by atoms with van der Waals surface area (Å²) in [6.45, 7) is 2.87. The molecule has 0 aromatic heterocycles. The molecule has 0 aliphatic rings.